The van der Waals surface area contributed by atoms with Gasteiger partial charge in [0, 0.05) is 18.9 Å². The molecule has 23 heavy (non-hydrogen) atoms. The molecule has 1 aromatic rings. The van der Waals surface area contributed by atoms with Crippen molar-refractivity contribution >= 4 is 11.9 Å². The molecule has 0 saturated carbocycles. The molecule has 2 unspecified atom stereocenters. The maximum Gasteiger partial charge on any atom is 0.305 e. The van der Waals surface area contributed by atoms with Crippen LogP contribution in [0.15, 0.2) is 30.6 Å². The van der Waals surface area contributed by atoms with Crippen LogP contribution >= 0.6 is 0 Å². The van der Waals surface area contributed by atoms with Gasteiger partial charge in [-0.15, -0.1) is 0 Å². The van der Waals surface area contributed by atoms with E-state index in [-0.39, 0.29) is 31.0 Å². The zero-order valence-electron chi connectivity index (χ0n) is 13.3. The Balaban J connectivity index is 1.72. The van der Waals surface area contributed by atoms with E-state index in [1.165, 1.54) is 21.6 Å². The Kier molecular flexibility index (Phi) is 4.09. The number of nitrogens with one attached hydrogen (secondary N) is 1. The van der Waals surface area contributed by atoms with Crippen LogP contribution in [0, 0.1) is 13.8 Å². The third-order valence-corrected chi connectivity index (χ3v) is 4.57. The maximum atomic E-state index is 12.5. The van der Waals surface area contributed by atoms with Crippen LogP contribution < -0.4 is 5.43 Å². The van der Waals surface area contributed by atoms with Crippen molar-refractivity contribution in [2.75, 3.05) is 6.54 Å². The van der Waals surface area contributed by atoms with Gasteiger partial charge in [0.15, 0.2) is 0 Å². The summed E-state index contributed by atoms with van der Waals surface area (Å²) in [6.45, 7) is 4.38. The highest BCUT2D eigenvalue weighted by Gasteiger charge is 2.39. The second kappa shape index (κ2) is 6.04. The fourth-order valence-electron chi connectivity index (χ4n) is 3.04. The van der Waals surface area contributed by atoms with Crippen molar-refractivity contribution in [3.05, 3.63) is 47.3 Å². The highest BCUT2D eigenvalue weighted by atomic mass is 16.4. The molecule has 122 valence electrons. The Morgan fingerprint density at radius 3 is 2.78 bits per heavy atom. The Bertz CT molecular complexity index is 671. The molecule has 6 nitrogen and oxygen atoms in total. The molecule has 2 heterocycles. The number of hydrazine groups is 1. The molecular weight excluding hydrogens is 294 g/mol. The largest absolute Gasteiger partial charge is 0.481 e. The SMILES string of the molecule is Cc1ccc(C2CC3C(=O)N(CCC(=O)O)C=CN3N2)cc1C. The van der Waals surface area contributed by atoms with E-state index in [1.807, 2.05) is 11.2 Å². The Morgan fingerprint density at radius 1 is 1.30 bits per heavy atom. The maximum absolute atomic E-state index is 12.5. The van der Waals surface area contributed by atoms with Crippen molar-refractivity contribution in [2.45, 2.75) is 38.8 Å². The summed E-state index contributed by atoms with van der Waals surface area (Å²) in [6, 6.07) is 6.16. The van der Waals surface area contributed by atoms with Crippen molar-refractivity contribution in [3.8, 4) is 0 Å². The molecule has 0 bridgehead atoms. The van der Waals surface area contributed by atoms with E-state index < -0.39 is 5.97 Å². The summed E-state index contributed by atoms with van der Waals surface area (Å²) in [6.07, 6.45) is 4.10. The molecule has 0 radical (unpaired) electrons. The van der Waals surface area contributed by atoms with Crippen molar-refractivity contribution < 1.29 is 14.7 Å². The van der Waals surface area contributed by atoms with E-state index in [4.69, 9.17) is 5.11 Å². The molecule has 2 N–H and O–H groups in total. The van der Waals surface area contributed by atoms with Gasteiger partial charge >= 0.3 is 5.97 Å². The van der Waals surface area contributed by atoms with Gasteiger partial charge < -0.3 is 15.0 Å². The van der Waals surface area contributed by atoms with Crippen molar-refractivity contribution in [1.29, 1.82) is 0 Å². The minimum absolute atomic E-state index is 0.0448. The highest BCUT2D eigenvalue weighted by molar-refractivity contribution is 5.84. The number of hydrogen-bond acceptors (Lipinski definition) is 4. The summed E-state index contributed by atoms with van der Waals surface area (Å²) < 4.78 is 0. The monoisotopic (exact) mass is 315 g/mol. The molecule has 1 amide bonds. The normalized spacial score (nSPS) is 23.3. The number of aryl methyl sites for hydroxylation is 2. The first-order chi connectivity index (χ1) is 11.0. The number of carbonyl (C=O) groups excluding carboxylic acids is 1. The van der Waals surface area contributed by atoms with Crippen molar-refractivity contribution in [2.24, 2.45) is 0 Å². The number of carboxylic acids is 1. The third-order valence-electron chi connectivity index (χ3n) is 4.57. The molecule has 6 heteroatoms. The number of carbonyl (C=O) groups is 2. The van der Waals surface area contributed by atoms with Crippen LogP contribution in [0.5, 0.6) is 0 Å². The summed E-state index contributed by atoms with van der Waals surface area (Å²) in [7, 11) is 0. The summed E-state index contributed by atoms with van der Waals surface area (Å²) >= 11 is 0. The van der Waals surface area contributed by atoms with Gasteiger partial charge in [-0.05, 0) is 37.0 Å². The number of fused-ring (bicyclic) bond motifs is 1. The molecule has 2 atom stereocenters. The van der Waals surface area contributed by atoms with Gasteiger partial charge in [0.2, 0.25) is 0 Å². The first-order valence-electron chi connectivity index (χ1n) is 7.78. The van der Waals surface area contributed by atoms with E-state index in [1.54, 1.807) is 6.20 Å². The zero-order valence-corrected chi connectivity index (χ0v) is 13.3. The molecule has 2 aliphatic heterocycles. The van der Waals surface area contributed by atoms with E-state index in [9.17, 15) is 9.59 Å². The van der Waals surface area contributed by atoms with Crippen molar-refractivity contribution in [3.63, 3.8) is 0 Å². The molecule has 0 spiro atoms. The smallest absolute Gasteiger partial charge is 0.305 e. The number of benzene rings is 1. The summed E-state index contributed by atoms with van der Waals surface area (Å²) in [5.41, 5.74) is 7.01. The minimum Gasteiger partial charge on any atom is -0.481 e. The number of nitrogens with zero attached hydrogens (tertiary/aromatic N) is 2. The van der Waals surface area contributed by atoms with E-state index in [2.05, 4.69) is 37.5 Å². The number of amides is 1. The van der Waals surface area contributed by atoms with Crippen LogP contribution in [-0.4, -0.2) is 39.5 Å². The number of aliphatic carboxylic acids is 1. The van der Waals surface area contributed by atoms with Crippen LogP contribution in [0.4, 0.5) is 0 Å². The topological polar surface area (TPSA) is 72.9 Å². The predicted molar refractivity (Wildman–Crippen MR) is 85.1 cm³/mol. The van der Waals surface area contributed by atoms with Gasteiger partial charge in [0.1, 0.15) is 6.04 Å². The zero-order chi connectivity index (χ0) is 16.6. The quantitative estimate of drug-likeness (QED) is 0.885. The second-order valence-electron chi connectivity index (χ2n) is 6.16. The average molecular weight is 315 g/mol. The van der Waals surface area contributed by atoms with Crippen LogP contribution in [0.3, 0.4) is 0 Å². The van der Waals surface area contributed by atoms with E-state index >= 15 is 0 Å². The molecule has 3 rings (SSSR count). The number of carboxylic acid groups (broad SMARTS) is 1. The first kappa shape index (κ1) is 15.6. The van der Waals surface area contributed by atoms with E-state index in [0.29, 0.717) is 6.42 Å². The highest BCUT2D eigenvalue weighted by Crippen LogP contribution is 2.31. The lowest BCUT2D eigenvalue weighted by Crippen LogP contribution is -2.48. The molecule has 1 fully saturated rings. The fourth-order valence-corrected chi connectivity index (χ4v) is 3.04. The molecule has 0 aromatic heterocycles. The Hall–Kier alpha value is -2.34. The van der Waals surface area contributed by atoms with Gasteiger partial charge in [-0.1, -0.05) is 18.2 Å². The van der Waals surface area contributed by atoms with Crippen LogP contribution in [-0.2, 0) is 9.59 Å². The van der Waals surface area contributed by atoms with Gasteiger partial charge in [-0.25, -0.2) is 5.43 Å². The lowest BCUT2D eigenvalue weighted by atomic mass is 9.97. The lowest BCUT2D eigenvalue weighted by molar-refractivity contribution is -0.139. The van der Waals surface area contributed by atoms with Gasteiger partial charge in [-0.3, -0.25) is 9.59 Å². The first-order valence-corrected chi connectivity index (χ1v) is 7.78. The second-order valence-corrected chi connectivity index (χ2v) is 6.16. The van der Waals surface area contributed by atoms with Crippen LogP contribution in [0.2, 0.25) is 0 Å². The molecule has 1 aromatic carbocycles. The Labute approximate surface area is 135 Å². The van der Waals surface area contributed by atoms with Gasteiger partial charge in [0.25, 0.3) is 5.91 Å². The van der Waals surface area contributed by atoms with Gasteiger partial charge in [-0.2, -0.15) is 0 Å². The molecule has 2 aliphatic rings. The minimum atomic E-state index is -0.897. The average Bonchev–Trinajstić information content (AvgIpc) is 2.94. The summed E-state index contributed by atoms with van der Waals surface area (Å²) in [5.74, 6) is -0.946. The summed E-state index contributed by atoms with van der Waals surface area (Å²) in [4.78, 5) is 24.7. The number of rotatable bonds is 4. The standard InChI is InChI=1S/C17H21N3O3/c1-11-3-4-13(9-12(11)2)14-10-15-17(23)19(6-5-16(21)22)7-8-20(15)18-14/h3-4,7-9,14-15,18H,5-6,10H2,1-2H3,(H,21,22). The van der Waals surface area contributed by atoms with Crippen molar-refractivity contribution in [1.82, 2.24) is 15.3 Å². The Morgan fingerprint density at radius 2 is 2.09 bits per heavy atom. The van der Waals surface area contributed by atoms with Crippen LogP contribution in [0.1, 0.15) is 35.6 Å². The third kappa shape index (κ3) is 3.07. The van der Waals surface area contributed by atoms with Gasteiger partial charge in [0.05, 0.1) is 12.5 Å². The molecular formula is C17H21N3O3. The molecule has 1 saturated heterocycles. The van der Waals surface area contributed by atoms with Crippen LogP contribution in [0.25, 0.3) is 0 Å². The number of hydrogen-bond donors (Lipinski definition) is 2. The predicted octanol–water partition coefficient (Wildman–Crippen LogP) is 1.71. The summed E-state index contributed by atoms with van der Waals surface area (Å²) in [5, 5.41) is 10.6. The molecule has 0 aliphatic carbocycles. The lowest BCUT2D eigenvalue weighted by Gasteiger charge is -2.31. The fraction of sp³-hybridized carbons (Fsp3) is 0.412. The van der Waals surface area contributed by atoms with E-state index in [0.717, 1.165) is 0 Å².